The van der Waals surface area contributed by atoms with E-state index in [9.17, 15) is 15.0 Å². The van der Waals surface area contributed by atoms with Gasteiger partial charge in [-0.1, -0.05) is 53.7 Å². The van der Waals surface area contributed by atoms with Crippen LogP contribution in [0.4, 0.5) is 0 Å². The Labute approximate surface area is 178 Å². The van der Waals surface area contributed by atoms with Crippen molar-refractivity contribution in [1.82, 2.24) is 15.0 Å². The fraction of sp³-hybridized carbons (Fsp3) is 0.318. The molecule has 4 rings (SSSR count). The van der Waals surface area contributed by atoms with Gasteiger partial charge in [0.2, 0.25) is 0 Å². The summed E-state index contributed by atoms with van der Waals surface area (Å²) in [6.07, 6.45) is -4.47. The van der Waals surface area contributed by atoms with Crippen LogP contribution in [0, 0.1) is 6.92 Å². The van der Waals surface area contributed by atoms with Crippen LogP contribution in [-0.4, -0.2) is 62.4 Å². The Morgan fingerprint density at radius 1 is 1.10 bits per heavy atom. The lowest BCUT2D eigenvalue weighted by atomic mass is 10.1. The quantitative estimate of drug-likeness (QED) is 0.545. The Kier molecular flexibility index (Phi) is 6.26. The molecule has 9 heteroatoms. The van der Waals surface area contributed by atoms with Gasteiger partial charge in [-0.2, -0.15) is 0 Å². The van der Waals surface area contributed by atoms with Crippen molar-refractivity contribution < 1.29 is 29.2 Å². The monoisotopic (exact) mass is 425 g/mol. The third kappa shape index (κ3) is 4.74. The Morgan fingerprint density at radius 2 is 1.77 bits per heavy atom. The predicted molar refractivity (Wildman–Crippen MR) is 108 cm³/mol. The molecule has 9 nitrogen and oxygen atoms in total. The van der Waals surface area contributed by atoms with Crippen LogP contribution in [-0.2, 0) is 16.0 Å². The first-order chi connectivity index (χ1) is 15.0. The van der Waals surface area contributed by atoms with E-state index < -0.39 is 30.6 Å². The van der Waals surface area contributed by atoms with Crippen molar-refractivity contribution in [3.8, 4) is 5.75 Å². The fourth-order valence-corrected chi connectivity index (χ4v) is 3.34. The van der Waals surface area contributed by atoms with E-state index in [1.165, 1.54) is 0 Å². The SMILES string of the molecule is Cc1c(C(=O)OC[C@H]2OC(O)[C@H](O)[C@H]2Oc2ccccc2)nnn1Cc1ccccc1. The van der Waals surface area contributed by atoms with Crippen molar-refractivity contribution >= 4 is 5.97 Å². The van der Waals surface area contributed by atoms with Crippen molar-refractivity contribution in [2.45, 2.75) is 38.1 Å². The summed E-state index contributed by atoms with van der Waals surface area (Å²) in [7, 11) is 0. The van der Waals surface area contributed by atoms with Crippen LogP contribution in [0.1, 0.15) is 21.7 Å². The number of rotatable bonds is 7. The molecule has 0 aliphatic carbocycles. The number of aliphatic hydroxyl groups excluding tert-OH is 2. The van der Waals surface area contributed by atoms with Crippen molar-refractivity contribution in [3.63, 3.8) is 0 Å². The molecule has 0 amide bonds. The molecule has 1 aromatic heterocycles. The maximum Gasteiger partial charge on any atom is 0.360 e. The van der Waals surface area contributed by atoms with E-state index in [1.807, 2.05) is 36.4 Å². The van der Waals surface area contributed by atoms with Crippen LogP contribution in [0.25, 0.3) is 0 Å². The van der Waals surface area contributed by atoms with Crippen LogP contribution in [0.5, 0.6) is 5.75 Å². The molecule has 31 heavy (non-hydrogen) atoms. The smallest absolute Gasteiger partial charge is 0.360 e. The number of aliphatic hydroxyl groups is 2. The van der Waals surface area contributed by atoms with Gasteiger partial charge in [0.15, 0.2) is 18.1 Å². The highest BCUT2D eigenvalue weighted by Gasteiger charge is 2.45. The highest BCUT2D eigenvalue weighted by molar-refractivity contribution is 5.88. The Hall–Kier alpha value is -3.27. The summed E-state index contributed by atoms with van der Waals surface area (Å²) in [6.45, 7) is 1.99. The zero-order valence-electron chi connectivity index (χ0n) is 16.9. The van der Waals surface area contributed by atoms with Crippen LogP contribution in [0.3, 0.4) is 0 Å². The number of benzene rings is 2. The molecule has 2 heterocycles. The van der Waals surface area contributed by atoms with Gasteiger partial charge in [0.1, 0.15) is 24.6 Å². The zero-order chi connectivity index (χ0) is 21.8. The van der Waals surface area contributed by atoms with Gasteiger partial charge in [0, 0.05) is 0 Å². The summed E-state index contributed by atoms with van der Waals surface area (Å²) in [5, 5.41) is 28.0. The van der Waals surface area contributed by atoms with E-state index in [1.54, 1.807) is 35.9 Å². The van der Waals surface area contributed by atoms with Gasteiger partial charge < -0.3 is 24.4 Å². The minimum atomic E-state index is -1.44. The first kappa shape index (κ1) is 21.0. The summed E-state index contributed by atoms with van der Waals surface area (Å²) in [5.74, 6) is -0.171. The second kappa shape index (κ2) is 9.25. The number of ether oxygens (including phenoxy) is 3. The standard InChI is InChI=1S/C22H23N3O6/c1-14-18(23-24-25(14)12-15-8-4-2-5-9-15)21(27)29-13-17-20(19(26)22(28)31-17)30-16-10-6-3-7-11-16/h2-11,17,19-20,22,26,28H,12-13H2,1H3/t17-,19-,20+,22?/m1/s1. The average molecular weight is 425 g/mol. The number of hydrogen-bond acceptors (Lipinski definition) is 8. The number of hydrogen-bond donors (Lipinski definition) is 2. The highest BCUT2D eigenvalue weighted by Crippen LogP contribution is 2.25. The van der Waals surface area contributed by atoms with E-state index in [0.717, 1.165) is 5.56 Å². The van der Waals surface area contributed by atoms with E-state index in [-0.39, 0.29) is 12.3 Å². The largest absolute Gasteiger partial charge is 0.485 e. The van der Waals surface area contributed by atoms with Crippen LogP contribution < -0.4 is 4.74 Å². The molecule has 1 aliphatic rings. The average Bonchev–Trinajstić information content (AvgIpc) is 3.28. The molecule has 0 bridgehead atoms. The lowest BCUT2D eigenvalue weighted by Gasteiger charge is -2.21. The fourth-order valence-electron chi connectivity index (χ4n) is 3.34. The lowest BCUT2D eigenvalue weighted by molar-refractivity contribution is -0.133. The maximum atomic E-state index is 12.6. The summed E-state index contributed by atoms with van der Waals surface area (Å²) in [6, 6.07) is 18.5. The summed E-state index contributed by atoms with van der Waals surface area (Å²) in [5.41, 5.74) is 1.69. The molecule has 2 N–H and O–H groups in total. The molecule has 0 radical (unpaired) electrons. The van der Waals surface area contributed by atoms with Crippen molar-refractivity contribution in [2.75, 3.05) is 6.61 Å². The molecule has 1 saturated heterocycles. The maximum absolute atomic E-state index is 12.6. The normalized spacial score (nSPS) is 22.9. The Bertz CT molecular complexity index is 1010. The molecule has 1 aliphatic heterocycles. The Balaban J connectivity index is 1.39. The number of carbonyl (C=O) groups is 1. The number of nitrogens with zero attached hydrogens (tertiary/aromatic N) is 3. The highest BCUT2D eigenvalue weighted by atomic mass is 16.7. The third-order valence-electron chi connectivity index (χ3n) is 5.05. The molecular weight excluding hydrogens is 402 g/mol. The minimum Gasteiger partial charge on any atom is -0.485 e. The Morgan fingerprint density at radius 3 is 2.48 bits per heavy atom. The minimum absolute atomic E-state index is 0.0931. The molecule has 1 fully saturated rings. The molecule has 4 atom stereocenters. The van der Waals surface area contributed by atoms with E-state index in [4.69, 9.17) is 14.2 Å². The zero-order valence-corrected chi connectivity index (χ0v) is 16.9. The molecular formula is C22H23N3O6. The van der Waals surface area contributed by atoms with E-state index in [2.05, 4.69) is 10.3 Å². The molecule has 0 spiro atoms. The second-order valence-electron chi connectivity index (χ2n) is 7.22. The van der Waals surface area contributed by atoms with Gasteiger partial charge in [-0.15, -0.1) is 5.10 Å². The van der Waals surface area contributed by atoms with Gasteiger partial charge in [0.25, 0.3) is 0 Å². The van der Waals surface area contributed by atoms with Crippen LogP contribution in [0.15, 0.2) is 60.7 Å². The van der Waals surface area contributed by atoms with Gasteiger partial charge in [-0.05, 0) is 24.6 Å². The number of carbonyl (C=O) groups excluding carboxylic acids is 1. The number of aromatic nitrogens is 3. The van der Waals surface area contributed by atoms with E-state index >= 15 is 0 Å². The first-order valence-electron chi connectivity index (χ1n) is 9.87. The first-order valence-corrected chi connectivity index (χ1v) is 9.87. The number of para-hydroxylation sites is 1. The topological polar surface area (TPSA) is 116 Å². The van der Waals surface area contributed by atoms with Crippen LogP contribution in [0.2, 0.25) is 0 Å². The van der Waals surface area contributed by atoms with Gasteiger partial charge in [-0.25, -0.2) is 9.48 Å². The predicted octanol–water partition coefficient (Wildman–Crippen LogP) is 1.32. The molecule has 0 saturated carbocycles. The summed E-state index contributed by atoms with van der Waals surface area (Å²) >= 11 is 0. The molecule has 1 unspecified atom stereocenters. The molecule has 3 aromatic rings. The second-order valence-corrected chi connectivity index (χ2v) is 7.22. The van der Waals surface area contributed by atoms with Gasteiger partial charge in [0.05, 0.1) is 12.2 Å². The van der Waals surface area contributed by atoms with Crippen molar-refractivity contribution in [2.24, 2.45) is 0 Å². The van der Waals surface area contributed by atoms with Gasteiger partial charge >= 0.3 is 5.97 Å². The van der Waals surface area contributed by atoms with Gasteiger partial charge in [-0.3, -0.25) is 0 Å². The third-order valence-corrected chi connectivity index (χ3v) is 5.05. The van der Waals surface area contributed by atoms with Crippen molar-refractivity contribution in [1.29, 1.82) is 0 Å². The molecule has 2 aromatic carbocycles. The van der Waals surface area contributed by atoms with Crippen molar-refractivity contribution in [3.05, 3.63) is 77.6 Å². The number of esters is 1. The van der Waals surface area contributed by atoms with E-state index in [0.29, 0.717) is 18.0 Å². The summed E-state index contributed by atoms with van der Waals surface area (Å²) < 4.78 is 18.0. The summed E-state index contributed by atoms with van der Waals surface area (Å²) in [4.78, 5) is 12.6. The van der Waals surface area contributed by atoms with Crippen LogP contribution >= 0.6 is 0 Å². The lowest BCUT2D eigenvalue weighted by Crippen LogP contribution is -2.40. The molecule has 162 valence electrons.